The van der Waals surface area contributed by atoms with Gasteiger partial charge in [0, 0.05) is 43.3 Å². The monoisotopic (exact) mass is 371 g/mol. The smallest absolute Gasteiger partial charge is 0.251 e. The maximum Gasteiger partial charge on any atom is 0.251 e. The van der Waals surface area contributed by atoms with Crippen LogP contribution in [0.25, 0.3) is 0 Å². The van der Waals surface area contributed by atoms with Crippen LogP contribution in [0.4, 0.5) is 0 Å². The van der Waals surface area contributed by atoms with Crippen LogP contribution in [-0.2, 0) is 0 Å². The summed E-state index contributed by atoms with van der Waals surface area (Å²) in [5.74, 6) is -0.0621. The molecule has 0 aromatic heterocycles. The maximum absolute atomic E-state index is 12.5. The van der Waals surface area contributed by atoms with Crippen molar-refractivity contribution in [3.05, 3.63) is 70.2 Å². The average Bonchev–Trinajstić information content (AvgIpc) is 2.65. The summed E-state index contributed by atoms with van der Waals surface area (Å²) in [6, 6.07) is 15.8. The van der Waals surface area contributed by atoms with Gasteiger partial charge in [0.05, 0.1) is 6.04 Å². The maximum atomic E-state index is 12.5. The number of likely N-dealkylation sites (N-methyl/N-ethyl adjacent to an activating group) is 1. The Balaban J connectivity index is 1.71. The van der Waals surface area contributed by atoms with Crippen molar-refractivity contribution in [1.29, 1.82) is 0 Å². The molecule has 26 heavy (non-hydrogen) atoms. The molecule has 0 aliphatic carbocycles. The number of halogens is 1. The van der Waals surface area contributed by atoms with Gasteiger partial charge in [-0.3, -0.25) is 9.69 Å². The van der Waals surface area contributed by atoms with Crippen molar-refractivity contribution in [2.45, 2.75) is 13.0 Å². The van der Waals surface area contributed by atoms with Crippen molar-refractivity contribution >= 4 is 17.5 Å². The Morgan fingerprint density at radius 2 is 1.65 bits per heavy atom. The zero-order valence-corrected chi connectivity index (χ0v) is 16.2. The highest BCUT2D eigenvalue weighted by Gasteiger charge is 2.24. The van der Waals surface area contributed by atoms with Gasteiger partial charge < -0.3 is 10.2 Å². The SMILES string of the molecule is Cc1ccc(C(CNC(=O)c2ccc(Cl)cc2)N2CCN(C)CC2)cc1. The number of piperazine rings is 1. The molecule has 1 aliphatic heterocycles. The minimum Gasteiger partial charge on any atom is -0.350 e. The zero-order chi connectivity index (χ0) is 18.5. The highest BCUT2D eigenvalue weighted by atomic mass is 35.5. The van der Waals surface area contributed by atoms with Gasteiger partial charge >= 0.3 is 0 Å². The Labute approximate surface area is 160 Å². The molecule has 1 fully saturated rings. The molecule has 0 radical (unpaired) electrons. The number of hydrogen-bond acceptors (Lipinski definition) is 3. The lowest BCUT2D eigenvalue weighted by Gasteiger charge is -2.38. The molecule has 0 bridgehead atoms. The normalized spacial score (nSPS) is 17.0. The molecule has 3 rings (SSSR count). The quantitative estimate of drug-likeness (QED) is 0.875. The Bertz CT molecular complexity index is 722. The highest BCUT2D eigenvalue weighted by Crippen LogP contribution is 2.22. The lowest BCUT2D eigenvalue weighted by molar-refractivity contribution is 0.0886. The van der Waals surface area contributed by atoms with Crippen LogP contribution in [0.3, 0.4) is 0 Å². The van der Waals surface area contributed by atoms with Crippen LogP contribution >= 0.6 is 11.6 Å². The van der Waals surface area contributed by atoms with Crippen LogP contribution in [0, 0.1) is 6.92 Å². The number of hydrogen-bond donors (Lipinski definition) is 1. The van der Waals surface area contributed by atoms with Crippen molar-refractivity contribution in [1.82, 2.24) is 15.1 Å². The molecule has 1 saturated heterocycles. The van der Waals surface area contributed by atoms with E-state index in [-0.39, 0.29) is 11.9 Å². The summed E-state index contributed by atoms with van der Waals surface area (Å²) in [4.78, 5) is 17.3. The molecule has 0 saturated carbocycles. The third-order valence-electron chi connectivity index (χ3n) is 5.00. The predicted octanol–water partition coefficient (Wildman–Crippen LogP) is 3.37. The van der Waals surface area contributed by atoms with Gasteiger partial charge in [0.25, 0.3) is 5.91 Å². The second-order valence-corrected chi connectivity index (χ2v) is 7.42. The number of nitrogens with one attached hydrogen (secondary N) is 1. The van der Waals surface area contributed by atoms with Gasteiger partial charge in [-0.2, -0.15) is 0 Å². The van der Waals surface area contributed by atoms with Gasteiger partial charge in [-0.1, -0.05) is 41.4 Å². The van der Waals surface area contributed by atoms with E-state index in [4.69, 9.17) is 11.6 Å². The summed E-state index contributed by atoms with van der Waals surface area (Å²) in [5.41, 5.74) is 3.13. The minimum absolute atomic E-state index is 0.0621. The number of carbonyl (C=O) groups excluding carboxylic acids is 1. The van der Waals surface area contributed by atoms with Crippen LogP contribution in [0.15, 0.2) is 48.5 Å². The fourth-order valence-electron chi connectivity index (χ4n) is 3.27. The molecular weight excluding hydrogens is 346 g/mol. The van der Waals surface area contributed by atoms with E-state index in [0.717, 1.165) is 26.2 Å². The van der Waals surface area contributed by atoms with Gasteiger partial charge in [-0.25, -0.2) is 0 Å². The summed E-state index contributed by atoms with van der Waals surface area (Å²) < 4.78 is 0. The topological polar surface area (TPSA) is 35.6 Å². The molecule has 4 nitrogen and oxygen atoms in total. The molecule has 1 N–H and O–H groups in total. The molecule has 1 amide bonds. The number of aryl methyl sites for hydroxylation is 1. The summed E-state index contributed by atoms with van der Waals surface area (Å²) in [7, 11) is 2.15. The summed E-state index contributed by atoms with van der Waals surface area (Å²) in [6.07, 6.45) is 0. The minimum atomic E-state index is -0.0621. The van der Waals surface area contributed by atoms with Crippen LogP contribution < -0.4 is 5.32 Å². The summed E-state index contributed by atoms with van der Waals surface area (Å²) in [6.45, 7) is 6.80. The van der Waals surface area contributed by atoms with E-state index in [1.807, 2.05) is 0 Å². The number of carbonyl (C=O) groups is 1. The number of amides is 1. The molecule has 2 aromatic rings. The van der Waals surface area contributed by atoms with Crippen LogP contribution in [0.2, 0.25) is 5.02 Å². The highest BCUT2D eigenvalue weighted by molar-refractivity contribution is 6.30. The van der Waals surface area contributed by atoms with Gasteiger partial charge in [0.1, 0.15) is 0 Å². The fourth-order valence-corrected chi connectivity index (χ4v) is 3.40. The Morgan fingerprint density at radius 3 is 2.27 bits per heavy atom. The van der Waals surface area contributed by atoms with Crippen LogP contribution in [0.5, 0.6) is 0 Å². The molecule has 0 spiro atoms. The van der Waals surface area contributed by atoms with E-state index >= 15 is 0 Å². The van der Waals surface area contributed by atoms with Gasteiger partial charge in [0.2, 0.25) is 0 Å². The number of benzene rings is 2. The van der Waals surface area contributed by atoms with E-state index in [2.05, 4.69) is 53.4 Å². The first kappa shape index (κ1) is 18.9. The van der Waals surface area contributed by atoms with Gasteiger partial charge in [-0.05, 0) is 43.8 Å². The van der Waals surface area contributed by atoms with Crippen LogP contribution in [-0.4, -0.2) is 55.5 Å². The molecule has 1 atom stereocenters. The standard InChI is InChI=1S/C21H26ClN3O/c1-16-3-5-17(6-4-16)20(25-13-11-24(2)12-14-25)15-23-21(26)18-7-9-19(22)10-8-18/h3-10,20H,11-15H2,1-2H3,(H,23,26). The molecule has 2 aromatic carbocycles. The van der Waals surface area contributed by atoms with Gasteiger partial charge in [-0.15, -0.1) is 0 Å². The summed E-state index contributed by atoms with van der Waals surface area (Å²) in [5, 5.41) is 3.74. The number of nitrogens with zero attached hydrogens (tertiary/aromatic N) is 2. The lowest BCUT2D eigenvalue weighted by Crippen LogP contribution is -2.48. The molecular formula is C21H26ClN3O. The Kier molecular flexibility index (Phi) is 6.30. The molecule has 138 valence electrons. The zero-order valence-electron chi connectivity index (χ0n) is 15.4. The van der Waals surface area contributed by atoms with E-state index in [0.29, 0.717) is 17.1 Å². The largest absolute Gasteiger partial charge is 0.350 e. The van der Waals surface area contributed by atoms with Crippen LogP contribution in [0.1, 0.15) is 27.5 Å². The van der Waals surface area contributed by atoms with Crippen molar-refractivity contribution in [3.63, 3.8) is 0 Å². The Hall–Kier alpha value is -1.88. The van der Waals surface area contributed by atoms with Crippen molar-refractivity contribution in [2.24, 2.45) is 0 Å². The second-order valence-electron chi connectivity index (χ2n) is 6.98. The number of rotatable bonds is 5. The van der Waals surface area contributed by atoms with Gasteiger partial charge in [0.15, 0.2) is 0 Å². The van der Waals surface area contributed by atoms with E-state index in [9.17, 15) is 4.79 Å². The molecule has 1 heterocycles. The van der Waals surface area contributed by atoms with Crippen molar-refractivity contribution < 1.29 is 4.79 Å². The molecule has 1 unspecified atom stereocenters. The first-order valence-electron chi connectivity index (χ1n) is 9.06. The summed E-state index contributed by atoms with van der Waals surface area (Å²) >= 11 is 5.91. The Morgan fingerprint density at radius 1 is 1.04 bits per heavy atom. The third kappa shape index (κ3) is 4.85. The van der Waals surface area contributed by atoms with Crippen molar-refractivity contribution in [2.75, 3.05) is 39.8 Å². The third-order valence-corrected chi connectivity index (χ3v) is 5.26. The van der Waals surface area contributed by atoms with E-state index in [1.165, 1.54) is 11.1 Å². The second kappa shape index (κ2) is 8.67. The first-order chi connectivity index (χ1) is 12.5. The fraction of sp³-hybridized carbons (Fsp3) is 0.381. The van der Waals surface area contributed by atoms with E-state index < -0.39 is 0 Å². The molecule has 5 heteroatoms. The predicted molar refractivity (Wildman–Crippen MR) is 107 cm³/mol. The van der Waals surface area contributed by atoms with E-state index in [1.54, 1.807) is 24.3 Å². The van der Waals surface area contributed by atoms with Crippen molar-refractivity contribution in [3.8, 4) is 0 Å². The average molecular weight is 372 g/mol. The lowest BCUT2D eigenvalue weighted by atomic mass is 10.0. The molecule has 1 aliphatic rings. The first-order valence-corrected chi connectivity index (χ1v) is 9.43.